The molecule has 6 heteroatoms. The van der Waals surface area contributed by atoms with Crippen molar-refractivity contribution in [1.82, 2.24) is 20.1 Å². The summed E-state index contributed by atoms with van der Waals surface area (Å²) in [4.78, 5) is 0. The number of alkyl halides is 1. The zero-order valence-electron chi connectivity index (χ0n) is 12.1. The normalized spacial score (nSPS) is 17.5. The topological polar surface area (TPSA) is 42.7 Å². The lowest BCUT2D eigenvalue weighted by atomic mass is 9.74. The molecule has 21 heavy (non-hydrogen) atoms. The van der Waals surface area contributed by atoms with Crippen molar-refractivity contribution >= 4 is 0 Å². The van der Waals surface area contributed by atoms with Crippen LogP contribution in [0.1, 0.15) is 25.3 Å². The number of aromatic nitrogens is 3. The summed E-state index contributed by atoms with van der Waals surface area (Å²) in [6.45, 7) is 4.63. The average Bonchev–Trinajstić information content (AvgIpc) is 2.84. The van der Waals surface area contributed by atoms with Gasteiger partial charge in [0.1, 0.15) is 24.1 Å². The van der Waals surface area contributed by atoms with Crippen LogP contribution in [0.5, 0.6) is 0 Å². The van der Waals surface area contributed by atoms with E-state index >= 15 is 0 Å². The summed E-state index contributed by atoms with van der Waals surface area (Å²) in [6.07, 6.45) is 3.00. The molecule has 112 valence electrons. The Kier molecular flexibility index (Phi) is 3.49. The summed E-state index contributed by atoms with van der Waals surface area (Å²) in [5.74, 6) is -0.539. The lowest BCUT2D eigenvalue weighted by Gasteiger charge is -2.40. The van der Waals surface area contributed by atoms with Gasteiger partial charge in [0.15, 0.2) is 0 Å². The maximum Gasteiger partial charge on any atom is 0.125 e. The van der Waals surface area contributed by atoms with Crippen molar-refractivity contribution in [2.24, 2.45) is 5.92 Å². The van der Waals surface area contributed by atoms with Gasteiger partial charge < -0.3 is 5.32 Å². The summed E-state index contributed by atoms with van der Waals surface area (Å²) < 4.78 is 30.2. The largest absolute Gasteiger partial charge is 0.316 e. The SMILES string of the molecule is CC(C)(F)C(c1cc(F)cc(-n2cnnc2)c1)C1CNC1. The van der Waals surface area contributed by atoms with Gasteiger partial charge in [-0.15, -0.1) is 10.2 Å². The van der Waals surface area contributed by atoms with Crippen LogP contribution >= 0.6 is 0 Å². The van der Waals surface area contributed by atoms with Gasteiger partial charge >= 0.3 is 0 Å². The summed E-state index contributed by atoms with van der Waals surface area (Å²) in [6, 6.07) is 4.64. The maximum atomic E-state index is 14.6. The van der Waals surface area contributed by atoms with E-state index in [4.69, 9.17) is 0 Å². The van der Waals surface area contributed by atoms with Crippen LogP contribution in [0.2, 0.25) is 0 Å². The van der Waals surface area contributed by atoms with Crippen LogP contribution in [0.4, 0.5) is 8.78 Å². The van der Waals surface area contributed by atoms with E-state index in [1.165, 1.54) is 24.8 Å². The third-order valence-corrected chi connectivity index (χ3v) is 4.00. The van der Waals surface area contributed by atoms with Gasteiger partial charge in [-0.25, -0.2) is 8.78 Å². The molecule has 2 aromatic rings. The van der Waals surface area contributed by atoms with Crippen LogP contribution in [0, 0.1) is 11.7 Å². The van der Waals surface area contributed by atoms with E-state index in [-0.39, 0.29) is 17.7 Å². The molecule has 2 heterocycles. The predicted molar refractivity (Wildman–Crippen MR) is 75.6 cm³/mol. The molecule has 1 aliphatic heterocycles. The molecule has 1 saturated heterocycles. The first kappa shape index (κ1) is 14.1. The number of hydrogen-bond acceptors (Lipinski definition) is 3. The third-order valence-electron chi connectivity index (χ3n) is 4.00. The molecule has 0 radical (unpaired) electrons. The summed E-state index contributed by atoms with van der Waals surface area (Å²) in [5.41, 5.74) is -0.125. The Balaban J connectivity index is 2.03. The second-order valence-electron chi connectivity index (χ2n) is 6.07. The van der Waals surface area contributed by atoms with Gasteiger partial charge in [0.05, 0.1) is 5.69 Å². The number of rotatable bonds is 4. The Morgan fingerprint density at radius 3 is 2.43 bits per heavy atom. The van der Waals surface area contributed by atoms with Crippen LogP contribution in [0.15, 0.2) is 30.9 Å². The minimum Gasteiger partial charge on any atom is -0.316 e. The lowest BCUT2D eigenvalue weighted by molar-refractivity contribution is 0.107. The zero-order chi connectivity index (χ0) is 15.0. The van der Waals surface area contributed by atoms with Crippen molar-refractivity contribution in [3.8, 4) is 5.69 Å². The van der Waals surface area contributed by atoms with Crippen molar-refractivity contribution in [3.63, 3.8) is 0 Å². The maximum absolute atomic E-state index is 14.6. The molecule has 0 spiro atoms. The smallest absolute Gasteiger partial charge is 0.125 e. The molecule has 3 rings (SSSR count). The van der Waals surface area contributed by atoms with E-state index in [0.29, 0.717) is 11.3 Å². The number of benzene rings is 1. The van der Waals surface area contributed by atoms with E-state index in [0.717, 1.165) is 13.1 Å². The van der Waals surface area contributed by atoms with Gasteiger partial charge in [0.25, 0.3) is 0 Å². The van der Waals surface area contributed by atoms with Crippen molar-refractivity contribution < 1.29 is 8.78 Å². The summed E-state index contributed by atoms with van der Waals surface area (Å²) in [7, 11) is 0. The second kappa shape index (κ2) is 5.18. The van der Waals surface area contributed by atoms with Crippen molar-refractivity contribution in [1.29, 1.82) is 0 Å². The first-order valence-corrected chi connectivity index (χ1v) is 7.00. The Labute approximate surface area is 122 Å². The molecular weight excluding hydrogens is 274 g/mol. The summed E-state index contributed by atoms with van der Waals surface area (Å²) >= 11 is 0. The minimum absolute atomic E-state index is 0.181. The summed E-state index contributed by atoms with van der Waals surface area (Å²) in [5, 5.41) is 10.6. The Bertz CT molecular complexity index is 615. The van der Waals surface area contributed by atoms with Gasteiger partial charge in [0.2, 0.25) is 0 Å². The Morgan fingerprint density at radius 2 is 1.90 bits per heavy atom. The lowest BCUT2D eigenvalue weighted by Crippen LogP contribution is -2.49. The predicted octanol–water partition coefficient (Wildman–Crippen LogP) is 2.46. The molecule has 1 unspecified atom stereocenters. The molecule has 1 fully saturated rings. The fourth-order valence-electron chi connectivity index (χ4n) is 3.03. The highest BCUT2D eigenvalue weighted by Gasteiger charge is 2.40. The molecular formula is C15H18F2N4. The van der Waals surface area contributed by atoms with Crippen LogP contribution in [-0.4, -0.2) is 33.5 Å². The van der Waals surface area contributed by atoms with Gasteiger partial charge in [-0.3, -0.25) is 4.57 Å². The van der Waals surface area contributed by atoms with Gasteiger partial charge in [0, 0.05) is 5.92 Å². The van der Waals surface area contributed by atoms with Crippen LogP contribution in [0.25, 0.3) is 5.69 Å². The average molecular weight is 292 g/mol. The number of nitrogens with one attached hydrogen (secondary N) is 1. The van der Waals surface area contributed by atoms with Gasteiger partial charge in [-0.05, 0) is 56.6 Å². The van der Waals surface area contributed by atoms with Crippen molar-refractivity contribution in [2.45, 2.75) is 25.4 Å². The number of nitrogens with zero attached hydrogens (tertiary/aromatic N) is 3. The molecule has 4 nitrogen and oxygen atoms in total. The Morgan fingerprint density at radius 1 is 1.24 bits per heavy atom. The van der Waals surface area contributed by atoms with Crippen LogP contribution < -0.4 is 5.32 Å². The Hall–Kier alpha value is -1.82. The van der Waals surface area contributed by atoms with E-state index in [1.807, 2.05) is 6.07 Å². The van der Waals surface area contributed by atoms with E-state index in [2.05, 4.69) is 15.5 Å². The zero-order valence-corrected chi connectivity index (χ0v) is 12.1. The third kappa shape index (κ3) is 2.81. The number of hydrogen-bond donors (Lipinski definition) is 1. The molecule has 0 saturated carbocycles. The van der Waals surface area contributed by atoms with Crippen molar-refractivity contribution in [2.75, 3.05) is 13.1 Å². The van der Waals surface area contributed by atoms with E-state index in [1.54, 1.807) is 18.4 Å². The molecule has 1 aromatic heterocycles. The first-order chi connectivity index (χ1) is 9.95. The highest BCUT2D eigenvalue weighted by atomic mass is 19.1. The fraction of sp³-hybridized carbons (Fsp3) is 0.467. The quantitative estimate of drug-likeness (QED) is 0.941. The first-order valence-electron chi connectivity index (χ1n) is 7.00. The monoisotopic (exact) mass is 292 g/mol. The van der Waals surface area contributed by atoms with Crippen molar-refractivity contribution in [3.05, 3.63) is 42.2 Å². The molecule has 0 aliphatic carbocycles. The van der Waals surface area contributed by atoms with E-state index < -0.39 is 5.67 Å². The highest BCUT2D eigenvalue weighted by molar-refractivity contribution is 5.39. The van der Waals surface area contributed by atoms with Crippen LogP contribution in [0.3, 0.4) is 0 Å². The minimum atomic E-state index is -1.41. The molecule has 1 N–H and O–H groups in total. The highest BCUT2D eigenvalue weighted by Crippen LogP contribution is 2.40. The standard InChI is InChI=1S/C15H18F2N4/c1-15(2,17)14(11-6-18-7-11)10-3-12(16)5-13(4-10)21-8-19-20-9-21/h3-5,8-9,11,14,18H,6-7H2,1-2H3. The number of halogens is 2. The fourth-order valence-corrected chi connectivity index (χ4v) is 3.03. The molecule has 0 bridgehead atoms. The second-order valence-corrected chi connectivity index (χ2v) is 6.07. The molecule has 1 atom stereocenters. The van der Waals surface area contributed by atoms with E-state index in [9.17, 15) is 8.78 Å². The van der Waals surface area contributed by atoms with Gasteiger partial charge in [-0.2, -0.15) is 0 Å². The molecule has 0 amide bonds. The van der Waals surface area contributed by atoms with Gasteiger partial charge in [-0.1, -0.05) is 0 Å². The molecule has 1 aliphatic rings. The van der Waals surface area contributed by atoms with Crippen LogP contribution in [-0.2, 0) is 0 Å². The molecule has 1 aromatic carbocycles.